The van der Waals surface area contributed by atoms with E-state index in [1.165, 1.54) is 38.5 Å². The summed E-state index contributed by atoms with van der Waals surface area (Å²) in [4.78, 5) is 14.8. The highest BCUT2D eigenvalue weighted by Crippen LogP contribution is 2.37. The zero-order valence-corrected chi connectivity index (χ0v) is 12.1. The molecule has 2 aliphatic carbocycles. The van der Waals surface area contributed by atoms with Crippen LogP contribution in [0.1, 0.15) is 51.4 Å². The molecule has 0 aromatic heterocycles. The fraction of sp³-hybridized carbons (Fsp3) is 0.929. The van der Waals surface area contributed by atoms with E-state index in [1.54, 1.807) is 0 Å². The lowest BCUT2D eigenvalue weighted by Gasteiger charge is -2.34. The molecule has 2 saturated carbocycles. The SMILES string of the molecule is CSC1CCC(N2CNC3(CCCC3)C2=O)CC1. The molecule has 3 aliphatic rings. The Labute approximate surface area is 114 Å². The van der Waals surface area contributed by atoms with Crippen LogP contribution in [0.5, 0.6) is 0 Å². The molecule has 0 atom stereocenters. The second kappa shape index (κ2) is 5.04. The Morgan fingerprint density at radius 3 is 2.50 bits per heavy atom. The van der Waals surface area contributed by atoms with Gasteiger partial charge in [-0.05, 0) is 44.8 Å². The van der Waals surface area contributed by atoms with E-state index < -0.39 is 0 Å². The van der Waals surface area contributed by atoms with Crippen LogP contribution in [-0.2, 0) is 4.79 Å². The van der Waals surface area contributed by atoms with E-state index in [4.69, 9.17) is 0 Å². The van der Waals surface area contributed by atoms with Gasteiger partial charge in [0.05, 0.1) is 12.2 Å². The average Bonchev–Trinajstić information content (AvgIpc) is 3.01. The summed E-state index contributed by atoms with van der Waals surface area (Å²) < 4.78 is 0. The predicted octanol–water partition coefficient (Wildman–Crippen LogP) is 2.36. The van der Waals surface area contributed by atoms with E-state index in [2.05, 4.69) is 16.5 Å². The zero-order chi connectivity index (χ0) is 12.6. The number of thioether (sulfide) groups is 1. The highest BCUT2D eigenvalue weighted by atomic mass is 32.2. The molecule has 1 spiro atoms. The molecule has 1 aliphatic heterocycles. The number of hydrogen-bond donors (Lipinski definition) is 1. The van der Waals surface area contributed by atoms with Crippen molar-refractivity contribution in [2.75, 3.05) is 12.9 Å². The Bertz CT molecular complexity index is 320. The number of carbonyl (C=O) groups is 1. The third kappa shape index (κ3) is 2.07. The van der Waals surface area contributed by atoms with Gasteiger partial charge in [-0.1, -0.05) is 12.8 Å². The first-order valence-corrected chi connectivity index (χ1v) is 8.63. The molecule has 0 unspecified atom stereocenters. The molecule has 1 N–H and O–H groups in total. The summed E-state index contributed by atoms with van der Waals surface area (Å²) in [6.07, 6.45) is 11.7. The number of nitrogens with one attached hydrogen (secondary N) is 1. The Morgan fingerprint density at radius 1 is 1.22 bits per heavy atom. The van der Waals surface area contributed by atoms with Gasteiger partial charge in [-0.2, -0.15) is 11.8 Å². The smallest absolute Gasteiger partial charge is 0.244 e. The summed E-state index contributed by atoms with van der Waals surface area (Å²) in [5, 5.41) is 4.35. The molecule has 3 fully saturated rings. The Kier molecular flexibility index (Phi) is 3.59. The quantitative estimate of drug-likeness (QED) is 0.834. The first kappa shape index (κ1) is 12.8. The monoisotopic (exact) mass is 268 g/mol. The molecule has 1 heterocycles. The number of carbonyl (C=O) groups excluding carboxylic acids is 1. The molecule has 0 bridgehead atoms. The maximum atomic E-state index is 12.6. The molecule has 18 heavy (non-hydrogen) atoms. The van der Waals surface area contributed by atoms with Gasteiger partial charge in [-0.15, -0.1) is 0 Å². The molecule has 0 aromatic carbocycles. The number of rotatable bonds is 2. The molecule has 1 saturated heterocycles. The molecular weight excluding hydrogens is 244 g/mol. The normalized spacial score (nSPS) is 35.6. The van der Waals surface area contributed by atoms with Crippen molar-refractivity contribution in [3.63, 3.8) is 0 Å². The summed E-state index contributed by atoms with van der Waals surface area (Å²) in [7, 11) is 0. The Morgan fingerprint density at radius 2 is 1.89 bits per heavy atom. The van der Waals surface area contributed by atoms with E-state index in [1.807, 2.05) is 11.8 Å². The lowest BCUT2D eigenvalue weighted by Crippen LogP contribution is -2.46. The number of nitrogens with zero attached hydrogens (tertiary/aromatic N) is 1. The minimum atomic E-state index is -0.156. The van der Waals surface area contributed by atoms with Crippen LogP contribution >= 0.6 is 11.8 Å². The van der Waals surface area contributed by atoms with E-state index in [9.17, 15) is 4.79 Å². The van der Waals surface area contributed by atoms with Gasteiger partial charge >= 0.3 is 0 Å². The van der Waals surface area contributed by atoms with Crippen molar-refractivity contribution >= 4 is 17.7 Å². The third-order valence-electron chi connectivity index (χ3n) is 5.13. The van der Waals surface area contributed by atoms with Crippen LogP contribution in [0.4, 0.5) is 0 Å². The Hall–Kier alpha value is -0.220. The molecule has 4 heteroatoms. The van der Waals surface area contributed by atoms with E-state index in [0.717, 1.165) is 24.8 Å². The van der Waals surface area contributed by atoms with Crippen molar-refractivity contribution in [2.45, 2.75) is 68.2 Å². The van der Waals surface area contributed by atoms with Crippen LogP contribution in [0.3, 0.4) is 0 Å². The second-order valence-corrected chi connectivity index (χ2v) is 7.20. The number of amides is 1. The minimum absolute atomic E-state index is 0.156. The molecule has 102 valence electrons. The van der Waals surface area contributed by atoms with Gasteiger partial charge in [0.1, 0.15) is 0 Å². The first-order valence-electron chi connectivity index (χ1n) is 7.34. The highest BCUT2D eigenvalue weighted by molar-refractivity contribution is 7.99. The molecule has 3 nitrogen and oxygen atoms in total. The lowest BCUT2D eigenvalue weighted by molar-refractivity contribution is -0.134. The summed E-state index contributed by atoms with van der Waals surface area (Å²) >= 11 is 1.99. The molecule has 0 radical (unpaired) electrons. The van der Waals surface area contributed by atoms with Crippen molar-refractivity contribution in [1.82, 2.24) is 10.2 Å². The average molecular weight is 268 g/mol. The van der Waals surface area contributed by atoms with Crippen molar-refractivity contribution in [3.05, 3.63) is 0 Å². The summed E-state index contributed by atoms with van der Waals surface area (Å²) in [6, 6.07) is 0.508. The van der Waals surface area contributed by atoms with Crippen LogP contribution < -0.4 is 5.32 Å². The fourth-order valence-corrected chi connectivity index (χ4v) is 4.66. The third-order valence-corrected chi connectivity index (χ3v) is 6.27. The van der Waals surface area contributed by atoms with Crippen molar-refractivity contribution in [1.29, 1.82) is 0 Å². The molecule has 0 aromatic rings. The van der Waals surface area contributed by atoms with Crippen molar-refractivity contribution < 1.29 is 4.79 Å². The van der Waals surface area contributed by atoms with Gasteiger partial charge in [-0.25, -0.2) is 0 Å². The summed E-state index contributed by atoms with van der Waals surface area (Å²) in [6.45, 7) is 0.799. The van der Waals surface area contributed by atoms with Gasteiger partial charge in [0.15, 0.2) is 0 Å². The highest BCUT2D eigenvalue weighted by Gasteiger charge is 2.49. The van der Waals surface area contributed by atoms with Crippen LogP contribution in [0.25, 0.3) is 0 Å². The molecule has 3 rings (SSSR count). The maximum Gasteiger partial charge on any atom is 0.244 e. The van der Waals surface area contributed by atoms with Crippen LogP contribution in [0.2, 0.25) is 0 Å². The molecule has 1 amide bonds. The van der Waals surface area contributed by atoms with Crippen LogP contribution in [0, 0.1) is 0 Å². The van der Waals surface area contributed by atoms with Crippen LogP contribution in [0.15, 0.2) is 0 Å². The zero-order valence-electron chi connectivity index (χ0n) is 11.3. The van der Waals surface area contributed by atoms with Gasteiger partial charge in [-0.3, -0.25) is 10.1 Å². The first-order chi connectivity index (χ1) is 8.75. The van der Waals surface area contributed by atoms with Gasteiger partial charge < -0.3 is 4.90 Å². The van der Waals surface area contributed by atoms with Gasteiger partial charge in [0.25, 0.3) is 0 Å². The molecular formula is C14H24N2OS. The topological polar surface area (TPSA) is 32.3 Å². The van der Waals surface area contributed by atoms with Crippen molar-refractivity contribution in [2.24, 2.45) is 0 Å². The summed E-state index contributed by atoms with van der Waals surface area (Å²) in [5.41, 5.74) is -0.156. The summed E-state index contributed by atoms with van der Waals surface area (Å²) in [5.74, 6) is 0.410. The van der Waals surface area contributed by atoms with E-state index in [0.29, 0.717) is 11.9 Å². The van der Waals surface area contributed by atoms with Crippen LogP contribution in [-0.4, -0.2) is 40.6 Å². The standard InChI is InChI=1S/C14H24N2OS/c1-18-12-6-4-11(5-7-12)16-10-15-14(13(16)17)8-2-3-9-14/h11-12,15H,2-10H2,1H3. The van der Waals surface area contributed by atoms with Gasteiger partial charge in [0, 0.05) is 11.3 Å². The Balaban J connectivity index is 1.63. The fourth-order valence-electron chi connectivity index (χ4n) is 3.92. The predicted molar refractivity (Wildman–Crippen MR) is 75.6 cm³/mol. The second-order valence-electron chi connectivity index (χ2n) is 6.07. The number of hydrogen-bond acceptors (Lipinski definition) is 3. The van der Waals surface area contributed by atoms with E-state index in [-0.39, 0.29) is 5.54 Å². The van der Waals surface area contributed by atoms with E-state index >= 15 is 0 Å². The lowest BCUT2D eigenvalue weighted by atomic mass is 9.92. The van der Waals surface area contributed by atoms with Gasteiger partial charge in [0.2, 0.25) is 5.91 Å². The maximum absolute atomic E-state index is 12.6. The van der Waals surface area contributed by atoms with Crippen molar-refractivity contribution in [3.8, 4) is 0 Å². The minimum Gasteiger partial charge on any atom is -0.325 e. The largest absolute Gasteiger partial charge is 0.325 e.